The van der Waals surface area contributed by atoms with Gasteiger partial charge in [0.2, 0.25) is 10.0 Å². The Morgan fingerprint density at radius 3 is 2.22 bits per heavy atom. The Labute approximate surface area is 210 Å². The first kappa shape index (κ1) is 26.2. The van der Waals surface area contributed by atoms with Gasteiger partial charge in [-0.05, 0) is 48.0 Å². The third-order valence-corrected chi connectivity index (χ3v) is 7.84. The first-order valence-corrected chi connectivity index (χ1v) is 12.3. The molecule has 1 N–H and O–H groups in total. The first-order chi connectivity index (χ1) is 17.4. The van der Waals surface area contributed by atoms with Crippen molar-refractivity contribution in [2.24, 2.45) is 0 Å². The average molecular weight is 535 g/mol. The summed E-state index contributed by atoms with van der Waals surface area (Å²) in [5.41, 5.74) is -1.50. The van der Waals surface area contributed by atoms with Crippen molar-refractivity contribution in [3.8, 4) is 5.75 Å². The smallest absolute Gasteiger partial charge is 0.417 e. The van der Waals surface area contributed by atoms with Crippen LogP contribution in [0.2, 0.25) is 0 Å². The zero-order chi connectivity index (χ0) is 27.0. The number of halogens is 3. The minimum Gasteiger partial charge on any atom is -0.497 e. The molecule has 1 atom stereocenters. The molecule has 1 unspecified atom stereocenters. The molecule has 1 aliphatic heterocycles. The van der Waals surface area contributed by atoms with Crippen molar-refractivity contribution in [1.82, 2.24) is 4.31 Å². The van der Waals surface area contributed by atoms with Crippen molar-refractivity contribution in [2.45, 2.75) is 23.7 Å². The van der Waals surface area contributed by atoms with Gasteiger partial charge in [0.05, 0.1) is 29.7 Å². The summed E-state index contributed by atoms with van der Waals surface area (Å²) in [5.74, 6) is -2.28. The number of rotatable bonds is 5. The summed E-state index contributed by atoms with van der Waals surface area (Å²) in [6.07, 6.45) is -4.84. The van der Waals surface area contributed by atoms with Gasteiger partial charge >= 0.3 is 12.1 Å². The zero-order valence-electron chi connectivity index (χ0n) is 19.3. The van der Waals surface area contributed by atoms with Gasteiger partial charge in [-0.2, -0.15) is 17.5 Å². The van der Waals surface area contributed by atoms with E-state index in [1.54, 1.807) is 6.07 Å². The van der Waals surface area contributed by atoms with Crippen LogP contribution in [0.4, 0.5) is 18.9 Å². The van der Waals surface area contributed by atoms with E-state index in [2.05, 4.69) is 0 Å². The molecule has 0 radical (unpaired) electrons. The predicted octanol–water partition coefficient (Wildman–Crippen LogP) is 4.02. The summed E-state index contributed by atoms with van der Waals surface area (Å²) >= 11 is 0. The summed E-state index contributed by atoms with van der Waals surface area (Å²) in [5, 5.41) is 10.0. The highest BCUT2D eigenvalue weighted by molar-refractivity contribution is 7.89. The van der Waals surface area contributed by atoms with Crippen LogP contribution in [0.15, 0.2) is 77.7 Å². The van der Waals surface area contributed by atoms with E-state index < -0.39 is 58.3 Å². The number of para-hydroxylation sites is 1. The van der Waals surface area contributed by atoms with E-state index in [0.29, 0.717) is 5.75 Å². The molecule has 0 aromatic heterocycles. The summed E-state index contributed by atoms with van der Waals surface area (Å²) in [6, 6.07) is 13.7. The molecular weight excluding hydrogens is 513 g/mol. The number of carboxylic acids is 1. The zero-order valence-corrected chi connectivity index (χ0v) is 20.2. The second-order valence-electron chi connectivity index (χ2n) is 8.17. The largest absolute Gasteiger partial charge is 0.497 e. The van der Waals surface area contributed by atoms with E-state index in [1.165, 1.54) is 55.6 Å². The van der Waals surface area contributed by atoms with Gasteiger partial charge in [-0.1, -0.05) is 30.3 Å². The quantitative estimate of drug-likeness (QED) is 0.531. The van der Waals surface area contributed by atoms with Gasteiger partial charge < -0.3 is 14.7 Å². The maximum atomic E-state index is 13.7. The molecule has 1 heterocycles. The molecule has 0 bridgehead atoms. The summed E-state index contributed by atoms with van der Waals surface area (Å²) in [7, 11) is -3.01. The highest BCUT2D eigenvalue weighted by Gasteiger charge is 2.43. The topological polar surface area (TPSA) is 104 Å². The number of aliphatic carboxylic acids is 1. The normalized spacial score (nSPS) is 16.5. The van der Waals surface area contributed by atoms with Gasteiger partial charge in [0, 0.05) is 12.2 Å². The van der Waals surface area contributed by atoms with E-state index >= 15 is 0 Å². The van der Waals surface area contributed by atoms with Gasteiger partial charge in [-0.15, -0.1) is 0 Å². The number of fused-ring (bicyclic) bond motifs is 1. The number of carbonyl (C=O) groups is 2. The molecule has 3 aromatic carbocycles. The fraction of sp³-hybridized carbons (Fsp3) is 0.200. The second-order valence-corrected chi connectivity index (χ2v) is 10.1. The van der Waals surface area contributed by atoms with Crippen LogP contribution in [0, 0.1) is 0 Å². The Hall–Kier alpha value is -3.90. The molecule has 12 heteroatoms. The number of nitrogens with zero attached hydrogens (tertiary/aromatic N) is 2. The fourth-order valence-electron chi connectivity index (χ4n) is 4.14. The minimum atomic E-state index is -4.84. The lowest BCUT2D eigenvalue weighted by Crippen LogP contribution is -2.50. The number of carboxylic acid groups (broad SMARTS) is 1. The van der Waals surface area contributed by atoms with E-state index in [0.717, 1.165) is 27.4 Å². The number of methoxy groups -OCH3 is 1. The average Bonchev–Trinajstić information content (AvgIpc) is 3.06. The number of hydrogen-bond donors (Lipinski definition) is 1. The molecule has 194 valence electrons. The molecule has 4 rings (SSSR count). The minimum absolute atomic E-state index is 0.114. The Morgan fingerprint density at radius 1 is 0.973 bits per heavy atom. The number of ether oxygens (including phenoxy) is 1. The number of hydrogen-bond acceptors (Lipinski definition) is 5. The van der Waals surface area contributed by atoms with Crippen molar-refractivity contribution >= 4 is 27.6 Å². The van der Waals surface area contributed by atoms with Crippen LogP contribution in [0.1, 0.15) is 21.5 Å². The molecule has 8 nitrogen and oxygen atoms in total. The molecule has 0 saturated carbocycles. The van der Waals surface area contributed by atoms with Crippen molar-refractivity contribution in [3.63, 3.8) is 0 Å². The molecule has 1 amide bonds. The molecule has 0 spiro atoms. The van der Waals surface area contributed by atoms with Crippen molar-refractivity contribution in [2.75, 3.05) is 18.6 Å². The van der Waals surface area contributed by atoms with Crippen LogP contribution in [-0.4, -0.2) is 49.4 Å². The van der Waals surface area contributed by atoms with Crippen molar-refractivity contribution in [1.29, 1.82) is 0 Å². The Morgan fingerprint density at radius 2 is 1.59 bits per heavy atom. The number of carbonyl (C=O) groups excluding carboxylic acids is 1. The highest BCUT2D eigenvalue weighted by Crippen LogP contribution is 2.36. The number of alkyl halides is 3. The van der Waals surface area contributed by atoms with Crippen molar-refractivity contribution in [3.05, 3.63) is 89.5 Å². The molecule has 0 aliphatic carbocycles. The molecular formula is C25H21F3N2O6S. The fourth-order valence-corrected chi connectivity index (χ4v) is 5.69. The number of anilines is 1. The monoisotopic (exact) mass is 534 g/mol. The van der Waals surface area contributed by atoms with Crippen LogP contribution in [-0.2, 0) is 27.5 Å². The lowest BCUT2D eigenvalue weighted by molar-refractivity contribution is -0.141. The number of sulfonamides is 1. The lowest BCUT2D eigenvalue weighted by Gasteiger charge is -2.29. The third kappa shape index (κ3) is 5.02. The van der Waals surface area contributed by atoms with E-state index in [-0.39, 0.29) is 16.1 Å². The summed E-state index contributed by atoms with van der Waals surface area (Å²) in [6.45, 7) is -1.14. The number of amides is 1. The van der Waals surface area contributed by atoms with E-state index in [4.69, 9.17) is 4.74 Å². The molecule has 0 saturated heterocycles. The Bertz CT molecular complexity index is 1440. The highest BCUT2D eigenvalue weighted by atomic mass is 32.2. The summed E-state index contributed by atoms with van der Waals surface area (Å²) in [4.78, 5) is 26.5. The van der Waals surface area contributed by atoms with Crippen LogP contribution in [0.3, 0.4) is 0 Å². The van der Waals surface area contributed by atoms with Gasteiger partial charge in [0.25, 0.3) is 5.91 Å². The van der Waals surface area contributed by atoms with Gasteiger partial charge in [0.15, 0.2) is 0 Å². The molecule has 1 aliphatic rings. The van der Waals surface area contributed by atoms with Gasteiger partial charge in [0.1, 0.15) is 11.8 Å². The van der Waals surface area contributed by atoms with Crippen LogP contribution in [0.25, 0.3) is 0 Å². The SMILES string of the molecule is COc1ccc(S(=O)(=O)N2Cc3ccccc3N(C(=O)c3ccccc3C(F)(F)F)CC2C(=O)O)cc1. The maximum Gasteiger partial charge on any atom is 0.417 e. The van der Waals surface area contributed by atoms with E-state index in [1.807, 2.05) is 0 Å². The van der Waals surface area contributed by atoms with Crippen LogP contribution in [0.5, 0.6) is 5.75 Å². The van der Waals surface area contributed by atoms with Gasteiger partial charge in [-0.3, -0.25) is 9.59 Å². The van der Waals surface area contributed by atoms with E-state index in [9.17, 15) is 36.3 Å². The van der Waals surface area contributed by atoms with Crippen molar-refractivity contribution < 1.29 is 41.0 Å². The molecule has 3 aromatic rings. The predicted molar refractivity (Wildman–Crippen MR) is 127 cm³/mol. The second kappa shape index (κ2) is 9.87. The first-order valence-electron chi connectivity index (χ1n) is 10.9. The van der Waals surface area contributed by atoms with Gasteiger partial charge in [-0.25, -0.2) is 8.42 Å². The van der Waals surface area contributed by atoms with Crippen LogP contribution < -0.4 is 9.64 Å². The standard InChI is InChI=1S/C25H21F3N2O6S/c1-36-17-10-12-18(13-11-17)37(34,35)30-14-16-6-2-5-9-21(16)29(15-22(30)24(32)33)23(31)19-7-3-4-8-20(19)25(26,27)28/h2-13,22H,14-15H2,1H3,(H,32,33). The Balaban J connectivity index is 1.84. The maximum absolute atomic E-state index is 13.7. The molecule has 0 fully saturated rings. The van der Waals surface area contributed by atoms with Crippen LogP contribution >= 0.6 is 0 Å². The third-order valence-electron chi connectivity index (χ3n) is 5.97. The molecule has 37 heavy (non-hydrogen) atoms. The lowest BCUT2D eigenvalue weighted by atomic mass is 10.0. The summed E-state index contributed by atoms with van der Waals surface area (Å²) < 4.78 is 73.9. The number of benzene rings is 3. The Kier molecular flexibility index (Phi) is 6.98.